The van der Waals surface area contributed by atoms with E-state index >= 15 is 0 Å². The highest BCUT2D eigenvalue weighted by atomic mass is 32.2. The highest BCUT2D eigenvalue weighted by Gasteiger charge is 2.17. The summed E-state index contributed by atoms with van der Waals surface area (Å²) in [5.74, 6) is -0.544. The molecule has 0 aliphatic heterocycles. The summed E-state index contributed by atoms with van der Waals surface area (Å²) in [4.78, 5) is 10.7. The molecule has 0 aliphatic rings. The molecule has 1 N–H and O–H groups in total. The summed E-state index contributed by atoms with van der Waals surface area (Å²) < 4.78 is 36.6. The first-order valence-electron chi connectivity index (χ1n) is 5.43. The predicted octanol–water partition coefficient (Wildman–Crippen LogP) is 1.01. The zero-order chi connectivity index (χ0) is 13.3. The van der Waals surface area contributed by atoms with Crippen molar-refractivity contribution in [2.24, 2.45) is 0 Å². The van der Waals surface area contributed by atoms with Crippen LogP contribution in [-0.2, 0) is 19.8 Å². The van der Waals surface area contributed by atoms with Crippen molar-refractivity contribution in [3.05, 3.63) is 12.7 Å². The molecule has 17 heavy (non-hydrogen) atoms. The monoisotopic (exact) mass is 265 g/mol. The molecule has 0 aromatic heterocycles. The van der Waals surface area contributed by atoms with Crippen LogP contribution in [0.15, 0.2) is 12.7 Å². The van der Waals surface area contributed by atoms with Gasteiger partial charge in [-0.2, -0.15) is 12.7 Å². The SMILES string of the molecule is C=CC(=O)OCCCN(CCCC)S(=O)(=O)O. The maximum Gasteiger partial charge on any atom is 0.335 e. The Kier molecular flexibility index (Phi) is 7.77. The fourth-order valence-corrected chi connectivity index (χ4v) is 1.87. The van der Waals surface area contributed by atoms with Crippen LogP contribution in [0.2, 0.25) is 0 Å². The number of hydrogen-bond donors (Lipinski definition) is 1. The average molecular weight is 265 g/mol. The Morgan fingerprint density at radius 2 is 2.00 bits per heavy atom. The van der Waals surface area contributed by atoms with Crippen LogP contribution in [-0.4, -0.2) is 42.9 Å². The maximum atomic E-state index is 11.0. The van der Waals surface area contributed by atoms with Gasteiger partial charge in [0.1, 0.15) is 0 Å². The number of ether oxygens (including phenoxy) is 1. The highest BCUT2D eigenvalue weighted by Crippen LogP contribution is 2.02. The van der Waals surface area contributed by atoms with Crippen molar-refractivity contribution in [2.75, 3.05) is 19.7 Å². The predicted molar refractivity (Wildman–Crippen MR) is 63.8 cm³/mol. The molecule has 0 bridgehead atoms. The Hall–Kier alpha value is -0.920. The summed E-state index contributed by atoms with van der Waals surface area (Å²) in [5, 5.41) is 0. The first-order valence-corrected chi connectivity index (χ1v) is 6.83. The second-order valence-electron chi connectivity index (χ2n) is 3.46. The van der Waals surface area contributed by atoms with Gasteiger partial charge in [-0.05, 0) is 12.8 Å². The first kappa shape index (κ1) is 16.1. The molecule has 0 aromatic rings. The molecule has 0 spiro atoms. The quantitative estimate of drug-likeness (QED) is 0.291. The maximum absolute atomic E-state index is 11.0. The molecule has 0 heterocycles. The summed E-state index contributed by atoms with van der Waals surface area (Å²) in [6, 6.07) is 0. The van der Waals surface area contributed by atoms with Crippen molar-refractivity contribution >= 4 is 16.3 Å². The van der Waals surface area contributed by atoms with Crippen LogP contribution in [0.3, 0.4) is 0 Å². The van der Waals surface area contributed by atoms with E-state index in [-0.39, 0.29) is 19.7 Å². The van der Waals surface area contributed by atoms with Gasteiger partial charge in [0.25, 0.3) is 0 Å². The Balaban J connectivity index is 4.01. The molecule has 100 valence electrons. The summed E-state index contributed by atoms with van der Waals surface area (Å²) in [7, 11) is -4.17. The van der Waals surface area contributed by atoms with E-state index in [1.54, 1.807) is 0 Å². The van der Waals surface area contributed by atoms with Crippen molar-refractivity contribution in [1.29, 1.82) is 0 Å². The molecule has 0 atom stereocenters. The Morgan fingerprint density at radius 1 is 1.41 bits per heavy atom. The lowest BCUT2D eigenvalue weighted by atomic mass is 10.3. The lowest BCUT2D eigenvalue weighted by Crippen LogP contribution is -2.33. The first-order chi connectivity index (χ1) is 7.91. The number of esters is 1. The minimum atomic E-state index is -4.17. The van der Waals surface area contributed by atoms with Gasteiger partial charge in [0.2, 0.25) is 0 Å². The molecule has 7 heteroatoms. The second-order valence-corrected chi connectivity index (χ2v) is 4.87. The van der Waals surface area contributed by atoms with Crippen LogP contribution in [0.1, 0.15) is 26.2 Å². The zero-order valence-corrected chi connectivity index (χ0v) is 10.8. The third-order valence-electron chi connectivity index (χ3n) is 2.05. The molecule has 0 unspecified atom stereocenters. The normalized spacial score (nSPS) is 11.5. The van der Waals surface area contributed by atoms with Crippen molar-refractivity contribution < 1.29 is 22.5 Å². The number of carbonyl (C=O) groups is 1. The van der Waals surface area contributed by atoms with Gasteiger partial charge in [-0.3, -0.25) is 4.55 Å². The van der Waals surface area contributed by atoms with E-state index < -0.39 is 16.3 Å². The summed E-state index contributed by atoms with van der Waals surface area (Å²) in [6.07, 6.45) is 2.88. The molecule has 0 aromatic carbocycles. The molecule has 0 aliphatic carbocycles. The summed E-state index contributed by atoms with van der Waals surface area (Å²) >= 11 is 0. The topological polar surface area (TPSA) is 83.9 Å². The largest absolute Gasteiger partial charge is 0.462 e. The molecule has 0 saturated heterocycles. The fraction of sp³-hybridized carbons (Fsp3) is 0.700. The molecule has 0 saturated carbocycles. The van der Waals surface area contributed by atoms with E-state index in [9.17, 15) is 13.2 Å². The van der Waals surface area contributed by atoms with Crippen molar-refractivity contribution in [2.45, 2.75) is 26.2 Å². The van der Waals surface area contributed by atoms with E-state index in [1.165, 1.54) is 0 Å². The standard InChI is InChI=1S/C10H19NO5S/c1-3-5-7-11(17(13,14)15)8-6-9-16-10(12)4-2/h4H,2-3,5-9H2,1H3,(H,13,14,15). The minimum absolute atomic E-state index is 0.100. The second kappa shape index (κ2) is 8.21. The highest BCUT2D eigenvalue weighted by molar-refractivity contribution is 7.83. The van der Waals surface area contributed by atoms with Crippen LogP contribution in [0.5, 0.6) is 0 Å². The van der Waals surface area contributed by atoms with E-state index in [0.717, 1.165) is 16.8 Å². The summed E-state index contributed by atoms with van der Waals surface area (Å²) in [5.41, 5.74) is 0. The number of unbranched alkanes of at least 4 members (excludes halogenated alkanes) is 1. The number of nitrogens with zero attached hydrogens (tertiary/aromatic N) is 1. The zero-order valence-electron chi connectivity index (χ0n) is 9.96. The number of rotatable bonds is 9. The van der Waals surface area contributed by atoms with Crippen LogP contribution in [0, 0.1) is 0 Å². The minimum Gasteiger partial charge on any atom is -0.462 e. The number of carbonyl (C=O) groups excluding carboxylic acids is 1. The van der Waals surface area contributed by atoms with Gasteiger partial charge >= 0.3 is 16.3 Å². The number of hydrogen-bond acceptors (Lipinski definition) is 4. The van der Waals surface area contributed by atoms with E-state index in [2.05, 4.69) is 6.58 Å². The Bertz CT molecular complexity index is 339. The van der Waals surface area contributed by atoms with Crippen LogP contribution in [0.25, 0.3) is 0 Å². The van der Waals surface area contributed by atoms with Crippen LogP contribution < -0.4 is 0 Å². The van der Waals surface area contributed by atoms with Gasteiger partial charge in [0.05, 0.1) is 6.61 Å². The van der Waals surface area contributed by atoms with Crippen molar-refractivity contribution in [3.63, 3.8) is 0 Å². The molecule has 0 fully saturated rings. The van der Waals surface area contributed by atoms with Gasteiger partial charge in [-0.25, -0.2) is 4.79 Å². The summed E-state index contributed by atoms with van der Waals surface area (Å²) in [6.45, 7) is 5.66. The van der Waals surface area contributed by atoms with E-state index in [1.807, 2.05) is 6.92 Å². The van der Waals surface area contributed by atoms with Crippen molar-refractivity contribution in [3.8, 4) is 0 Å². The Morgan fingerprint density at radius 3 is 2.47 bits per heavy atom. The molecule has 0 rings (SSSR count). The molecular weight excluding hydrogens is 246 g/mol. The lowest BCUT2D eigenvalue weighted by Gasteiger charge is -2.17. The van der Waals surface area contributed by atoms with Gasteiger partial charge in [0, 0.05) is 19.2 Å². The van der Waals surface area contributed by atoms with Crippen molar-refractivity contribution in [1.82, 2.24) is 4.31 Å². The Labute approximate surface area is 102 Å². The molecular formula is C10H19NO5S. The van der Waals surface area contributed by atoms with Crippen LogP contribution >= 0.6 is 0 Å². The van der Waals surface area contributed by atoms with E-state index in [4.69, 9.17) is 9.29 Å². The lowest BCUT2D eigenvalue weighted by molar-refractivity contribution is -0.137. The molecule has 0 amide bonds. The fourth-order valence-electron chi connectivity index (χ4n) is 1.15. The third kappa shape index (κ3) is 7.89. The van der Waals surface area contributed by atoms with Gasteiger partial charge in [0.15, 0.2) is 0 Å². The third-order valence-corrected chi connectivity index (χ3v) is 3.07. The van der Waals surface area contributed by atoms with Crippen LogP contribution in [0.4, 0.5) is 0 Å². The smallest absolute Gasteiger partial charge is 0.335 e. The molecule has 6 nitrogen and oxygen atoms in total. The van der Waals surface area contributed by atoms with E-state index in [0.29, 0.717) is 12.8 Å². The average Bonchev–Trinajstić information content (AvgIpc) is 2.25. The van der Waals surface area contributed by atoms with Gasteiger partial charge in [-0.15, -0.1) is 0 Å². The molecule has 0 radical (unpaired) electrons. The van der Waals surface area contributed by atoms with Gasteiger partial charge in [-0.1, -0.05) is 19.9 Å². The van der Waals surface area contributed by atoms with Gasteiger partial charge < -0.3 is 4.74 Å².